The molecule has 39 heavy (non-hydrogen) atoms. The fourth-order valence-electron chi connectivity index (χ4n) is 4.11. The van der Waals surface area contributed by atoms with Crippen molar-refractivity contribution < 1.29 is 32.8 Å². The highest BCUT2D eigenvalue weighted by molar-refractivity contribution is 5.98. The van der Waals surface area contributed by atoms with Crippen LogP contribution in [0.25, 0.3) is 0 Å². The molecule has 2 aromatic rings. The predicted molar refractivity (Wildman–Crippen MR) is 157 cm³/mol. The summed E-state index contributed by atoms with van der Waals surface area (Å²) in [6.07, 6.45) is 0.965. The van der Waals surface area contributed by atoms with Crippen LogP contribution < -0.4 is 0 Å². The van der Waals surface area contributed by atoms with Gasteiger partial charge in [0.2, 0.25) is 0 Å². The Hall–Kier alpha value is -2.42. The van der Waals surface area contributed by atoms with Gasteiger partial charge in [-0.25, -0.2) is 0 Å². The zero-order valence-corrected chi connectivity index (χ0v) is 28.2. The van der Waals surface area contributed by atoms with Gasteiger partial charge in [-0.3, -0.25) is 14.9 Å². The number of hydrogen-bond donors (Lipinski definition) is 0. The summed E-state index contributed by atoms with van der Waals surface area (Å²) in [6, 6.07) is 12.4. The average Bonchev–Trinajstić information content (AvgIpc) is 2.90. The van der Waals surface area contributed by atoms with Crippen LogP contribution in [0.4, 0.5) is 5.69 Å². The third-order valence-electron chi connectivity index (χ3n) is 6.68. The van der Waals surface area contributed by atoms with Crippen molar-refractivity contribution in [3.8, 4) is 0 Å². The largest absolute Gasteiger partial charge is 0.452 e. The minimum atomic E-state index is -0.903. The van der Waals surface area contributed by atoms with Crippen molar-refractivity contribution >= 4 is 32.6 Å². The fraction of sp³-hybridized carbons (Fsp3) is 0.536. The van der Waals surface area contributed by atoms with Crippen LogP contribution in [-0.4, -0.2) is 63.6 Å². The quantitative estimate of drug-likeness (QED) is 0.0928. The van der Waals surface area contributed by atoms with Crippen LogP contribution in [0.5, 0.6) is 0 Å². The molecule has 4 unspecified atom stereocenters. The molecule has 0 heterocycles. The molecule has 0 amide bonds. The molecule has 2 rings (SSSR count). The maximum atomic E-state index is 12.0. The normalized spacial score (nSPS) is 15.4. The van der Waals surface area contributed by atoms with Crippen LogP contribution in [0.3, 0.4) is 0 Å². The second-order valence-corrected chi connectivity index (χ2v) is 11.0. The molecular weight excluding hydrogens is 534 g/mol. The third kappa shape index (κ3) is 10.9. The van der Waals surface area contributed by atoms with Gasteiger partial charge in [0.05, 0.1) is 23.7 Å². The lowest BCUT2D eigenvalue weighted by Crippen LogP contribution is -2.29. The molecule has 9 nitrogen and oxygen atoms in total. The van der Waals surface area contributed by atoms with Crippen molar-refractivity contribution in [1.82, 2.24) is 0 Å². The monoisotopic (exact) mass is 577 g/mol. The van der Waals surface area contributed by atoms with Crippen molar-refractivity contribution in [3.63, 3.8) is 0 Å². The molecule has 4 atom stereocenters. The molecule has 0 saturated carbocycles. The van der Waals surface area contributed by atoms with E-state index >= 15 is 0 Å². The zero-order valence-electron chi connectivity index (χ0n) is 24.2. The van der Waals surface area contributed by atoms with E-state index in [2.05, 4.69) is 0 Å². The molecule has 0 bridgehead atoms. The van der Waals surface area contributed by atoms with Gasteiger partial charge in [-0.15, -0.1) is 0 Å². The number of carbonyl (C=O) groups is 1. The molecule has 0 saturated heterocycles. The Morgan fingerprint density at radius 3 is 2.00 bits per heavy atom. The van der Waals surface area contributed by atoms with Gasteiger partial charge in [-0.1, -0.05) is 42.8 Å². The van der Waals surface area contributed by atoms with Gasteiger partial charge in [0.25, 0.3) is 5.69 Å². The zero-order chi connectivity index (χ0) is 28.9. The van der Waals surface area contributed by atoms with Gasteiger partial charge in [0.15, 0.2) is 12.4 Å². The highest BCUT2D eigenvalue weighted by atomic mass is 28.2. The molecule has 0 spiro atoms. The van der Waals surface area contributed by atoms with Gasteiger partial charge in [-0.2, -0.15) is 0 Å². The van der Waals surface area contributed by atoms with Crippen molar-refractivity contribution in [1.29, 1.82) is 0 Å². The smallest absolute Gasteiger partial charge is 0.303 e. The Kier molecular flexibility index (Phi) is 14.0. The van der Waals surface area contributed by atoms with Crippen LogP contribution in [0, 0.1) is 23.0 Å². The van der Waals surface area contributed by atoms with E-state index in [1.807, 2.05) is 52.0 Å². The van der Waals surface area contributed by atoms with E-state index in [0.717, 1.165) is 24.0 Å². The van der Waals surface area contributed by atoms with E-state index in [-0.39, 0.29) is 23.8 Å². The van der Waals surface area contributed by atoms with E-state index in [1.54, 1.807) is 12.1 Å². The lowest BCUT2D eigenvalue weighted by molar-refractivity contribution is -0.386. The molecule has 0 aliphatic rings. The summed E-state index contributed by atoms with van der Waals surface area (Å²) in [5.74, 6) is -0.568. The first-order valence-electron chi connectivity index (χ1n) is 13.3. The number of nitro benzene ring substituents is 1. The summed E-state index contributed by atoms with van der Waals surface area (Å²) in [4.78, 5) is 23.5. The third-order valence-corrected chi connectivity index (χ3v) is 8.28. The Morgan fingerprint density at radius 2 is 1.51 bits per heavy atom. The summed E-state index contributed by atoms with van der Waals surface area (Å²) in [7, 11) is 1.35. The number of esters is 1. The van der Waals surface area contributed by atoms with Crippen molar-refractivity contribution in [2.75, 3.05) is 13.2 Å². The van der Waals surface area contributed by atoms with E-state index in [0.29, 0.717) is 51.7 Å². The van der Waals surface area contributed by atoms with Crippen molar-refractivity contribution in [2.24, 2.45) is 5.92 Å². The minimum absolute atomic E-state index is 0.0506. The van der Waals surface area contributed by atoms with Gasteiger partial charge in [0, 0.05) is 31.1 Å². The van der Waals surface area contributed by atoms with Crippen molar-refractivity contribution in [2.45, 2.75) is 78.5 Å². The summed E-state index contributed by atoms with van der Waals surface area (Å²) in [5.41, 5.74) is 2.79. The van der Waals surface area contributed by atoms with E-state index in [9.17, 15) is 14.9 Å². The van der Waals surface area contributed by atoms with Crippen LogP contribution >= 0.6 is 0 Å². The highest BCUT2D eigenvalue weighted by Crippen LogP contribution is 2.35. The predicted octanol–water partition coefficient (Wildman–Crippen LogP) is 3.24. The van der Waals surface area contributed by atoms with Gasteiger partial charge in [-0.05, 0) is 57.2 Å². The maximum Gasteiger partial charge on any atom is 0.303 e. The number of rotatable bonds is 17. The van der Waals surface area contributed by atoms with Crippen LogP contribution in [0.15, 0.2) is 42.5 Å². The first-order chi connectivity index (χ1) is 18.5. The Morgan fingerprint density at radius 1 is 0.949 bits per heavy atom. The molecule has 0 aromatic heterocycles. The SMILES string of the molecule is CC(=O)OC(c1ccc(C)cc1)c1cc(CC(C)C(OCCC(C)O[SiH3])OCCC(C)O[SiH3])ccc1[N+](=O)[O-]. The number of nitrogens with zero attached hydrogens (tertiary/aromatic N) is 1. The Labute approximate surface area is 237 Å². The molecule has 216 valence electrons. The summed E-state index contributed by atoms with van der Waals surface area (Å²) in [5, 5.41) is 11.9. The summed E-state index contributed by atoms with van der Waals surface area (Å²) >= 11 is 0. The number of carbonyl (C=O) groups excluding carboxylic acids is 1. The molecule has 0 fully saturated rings. The number of benzene rings is 2. The van der Waals surface area contributed by atoms with Crippen LogP contribution in [-0.2, 0) is 34.3 Å². The minimum Gasteiger partial charge on any atom is -0.452 e. The molecule has 11 heteroatoms. The first kappa shape index (κ1) is 32.8. The lowest BCUT2D eigenvalue weighted by atomic mass is 9.93. The van der Waals surface area contributed by atoms with Crippen molar-refractivity contribution in [3.05, 3.63) is 74.8 Å². The molecular formula is C28H43NO8Si2. The number of ether oxygens (including phenoxy) is 3. The summed E-state index contributed by atoms with van der Waals surface area (Å²) < 4.78 is 28.8. The number of nitro groups is 1. The maximum absolute atomic E-state index is 12.0. The standard InChI is InChI=1S/C28H43NO8Si2/c1-18-6-9-24(10-7-18)27(35-22(5)30)25-17-23(8-11-26(25)29(31)32)16-19(2)28(33-14-12-20(3)36-38)34-15-13-21(4)37-39/h6-11,17,19-21,27-28H,12-16H2,1-5,38-39H3. The number of hydrogen-bond acceptors (Lipinski definition) is 8. The summed E-state index contributed by atoms with van der Waals surface area (Å²) in [6.45, 7) is 10.3. The molecule has 0 aliphatic carbocycles. The van der Waals surface area contributed by atoms with Crippen LogP contribution in [0.2, 0.25) is 0 Å². The van der Waals surface area contributed by atoms with Crippen LogP contribution in [0.1, 0.15) is 68.9 Å². The molecule has 2 aromatic carbocycles. The van der Waals surface area contributed by atoms with E-state index in [4.69, 9.17) is 23.1 Å². The number of aryl methyl sites for hydroxylation is 1. The molecule has 0 radical (unpaired) electrons. The highest BCUT2D eigenvalue weighted by Gasteiger charge is 2.28. The second kappa shape index (κ2) is 16.6. The van der Waals surface area contributed by atoms with E-state index in [1.165, 1.54) is 13.0 Å². The molecule has 0 aliphatic heterocycles. The lowest BCUT2D eigenvalue weighted by Gasteiger charge is -2.26. The fourth-order valence-corrected chi connectivity index (χ4v) is 4.58. The Balaban J connectivity index is 2.32. The van der Waals surface area contributed by atoms with Gasteiger partial charge >= 0.3 is 5.97 Å². The second-order valence-electron chi connectivity index (χ2n) is 10.0. The average molecular weight is 578 g/mol. The van der Waals surface area contributed by atoms with Gasteiger partial charge < -0.3 is 23.1 Å². The topological polar surface area (TPSA) is 106 Å². The first-order valence-corrected chi connectivity index (χ1v) is 15.0. The van der Waals surface area contributed by atoms with E-state index < -0.39 is 23.3 Å². The molecule has 0 N–H and O–H groups in total. The van der Waals surface area contributed by atoms with Gasteiger partial charge in [0.1, 0.15) is 21.0 Å². The Bertz CT molecular complexity index is 1040.